The molecule has 1 aliphatic rings. The Bertz CT molecular complexity index is 1160. The summed E-state index contributed by atoms with van der Waals surface area (Å²) in [5.41, 5.74) is 1.59. The number of para-hydroxylation sites is 2. The number of benzene rings is 2. The number of thiophene rings is 1. The Labute approximate surface area is 196 Å². The highest BCUT2D eigenvalue weighted by Crippen LogP contribution is 2.47. The summed E-state index contributed by atoms with van der Waals surface area (Å²) in [4.78, 5) is 29.7. The normalized spacial score (nSPS) is 17.3. The van der Waals surface area contributed by atoms with Crippen molar-refractivity contribution in [1.29, 1.82) is 0 Å². The minimum Gasteiger partial charge on any atom is -0.493 e. The van der Waals surface area contributed by atoms with Crippen molar-refractivity contribution in [3.8, 4) is 17.2 Å². The molecule has 33 heavy (non-hydrogen) atoms. The van der Waals surface area contributed by atoms with E-state index in [-0.39, 0.29) is 11.8 Å². The van der Waals surface area contributed by atoms with Crippen molar-refractivity contribution in [2.45, 2.75) is 18.9 Å². The Balaban J connectivity index is 1.85. The number of anilines is 1. The molecule has 0 aliphatic carbocycles. The number of nitrogens with zero attached hydrogens (tertiary/aromatic N) is 1. The first-order valence-corrected chi connectivity index (χ1v) is 11.5. The van der Waals surface area contributed by atoms with Gasteiger partial charge in [0.15, 0.2) is 11.5 Å². The zero-order valence-corrected chi connectivity index (χ0v) is 19.8. The molecule has 0 radical (unpaired) electrons. The van der Waals surface area contributed by atoms with Gasteiger partial charge in [0.1, 0.15) is 5.75 Å². The Morgan fingerprint density at radius 3 is 2.45 bits per heavy atom. The minimum absolute atomic E-state index is 0.178. The molecule has 0 unspecified atom stereocenters. The van der Waals surface area contributed by atoms with Gasteiger partial charge < -0.3 is 24.4 Å². The first-order valence-electron chi connectivity index (χ1n) is 10.6. The lowest BCUT2D eigenvalue weighted by Gasteiger charge is -2.39. The lowest BCUT2D eigenvalue weighted by molar-refractivity contribution is -0.119. The molecule has 1 N–H and O–H groups in total. The van der Waals surface area contributed by atoms with Crippen molar-refractivity contribution in [3.63, 3.8) is 0 Å². The fourth-order valence-corrected chi connectivity index (χ4v) is 5.11. The molecule has 0 saturated carbocycles. The summed E-state index contributed by atoms with van der Waals surface area (Å²) in [6, 6.07) is 14.1. The Hall–Kier alpha value is -3.52. The molecular formula is C25H26N2O5S. The number of ether oxygens (including phenoxy) is 3. The van der Waals surface area contributed by atoms with E-state index in [2.05, 4.69) is 5.32 Å². The number of likely N-dealkylation sites (N-methyl/N-ethyl adjacent to an activating group) is 1. The molecule has 0 spiro atoms. The second-order valence-electron chi connectivity index (χ2n) is 7.57. The van der Waals surface area contributed by atoms with Crippen LogP contribution in [0.4, 0.5) is 5.69 Å². The third kappa shape index (κ3) is 4.14. The SMILES string of the molecule is CCOc1ccccc1NC(=O)[C@@H]1c2cc(OC)c(OC)cc2C(=O)N(C)[C@H]1c1cccs1. The molecule has 4 rings (SSSR count). The van der Waals surface area contributed by atoms with Gasteiger partial charge >= 0.3 is 0 Å². The molecule has 0 fully saturated rings. The van der Waals surface area contributed by atoms with Gasteiger partial charge in [-0.25, -0.2) is 0 Å². The summed E-state index contributed by atoms with van der Waals surface area (Å²) in [6.07, 6.45) is 0. The van der Waals surface area contributed by atoms with E-state index in [4.69, 9.17) is 14.2 Å². The van der Waals surface area contributed by atoms with Crippen LogP contribution < -0.4 is 19.5 Å². The average molecular weight is 467 g/mol. The van der Waals surface area contributed by atoms with Crippen LogP contribution in [0.5, 0.6) is 17.2 Å². The summed E-state index contributed by atoms with van der Waals surface area (Å²) in [6.45, 7) is 2.37. The van der Waals surface area contributed by atoms with Crippen LogP contribution in [0.25, 0.3) is 0 Å². The summed E-state index contributed by atoms with van der Waals surface area (Å²) in [5.74, 6) is 0.403. The number of nitrogens with one attached hydrogen (secondary N) is 1. The van der Waals surface area contributed by atoms with E-state index in [0.29, 0.717) is 40.7 Å². The molecule has 2 heterocycles. The van der Waals surface area contributed by atoms with Gasteiger partial charge in [0.25, 0.3) is 5.91 Å². The monoisotopic (exact) mass is 466 g/mol. The van der Waals surface area contributed by atoms with E-state index in [1.807, 2.05) is 42.6 Å². The van der Waals surface area contributed by atoms with Crippen molar-refractivity contribution in [2.75, 3.05) is 33.2 Å². The number of hydrogen-bond donors (Lipinski definition) is 1. The molecule has 1 aromatic heterocycles. The van der Waals surface area contributed by atoms with Crippen molar-refractivity contribution in [1.82, 2.24) is 4.90 Å². The van der Waals surface area contributed by atoms with E-state index in [1.54, 1.807) is 30.1 Å². The lowest BCUT2D eigenvalue weighted by Crippen LogP contribution is -2.43. The van der Waals surface area contributed by atoms with Gasteiger partial charge in [0.05, 0.1) is 38.5 Å². The lowest BCUT2D eigenvalue weighted by atomic mass is 9.81. The Morgan fingerprint density at radius 2 is 1.79 bits per heavy atom. The largest absolute Gasteiger partial charge is 0.493 e. The van der Waals surface area contributed by atoms with E-state index in [1.165, 1.54) is 25.6 Å². The molecule has 2 aromatic carbocycles. The average Bonchev–Trinajstić information content (AvgIpc) is 3.36. The van der Waals surface area contributed by atoms with Crippen molar-refractivity contribution in [2.24, 2.45) is 0 Å². The second kappa shape index (κ2) is 9.54. The van der Waals surface area contributed by atoms with Crippen molar-refractivity contribution < 1.29 is 23.8 Å². The van der Waals surface area contributed by atoms with Gasteiger partial charge in [-0.1, -0.05) is 18.2 Å². The zero-order valence-electron chi connectivity index (χ0n) is 19.0. The number of carbonyl (C=O) groups is 2. The fourth-order valence-electron chi connectivity index (χ4n) is 4.21. The van der Waals surface area contributed by atoms with E-state index < -0.39 is 12.0 Å². The topological polar surface area (TPSA) is 77.1 Å². The van der Waals surface area contributed by atoms with Gasteiger partial charge in [0, 0.05) is 17.5 Å². The van der Waals surface area contributed by atoms with E-state index in [0.717, 1.165) is 4.88 Å². The molecular weight excluding hydrogens is 440 g/mol. The van der Waals surface area contributed by atoms with Gasteiger partial charge in [-0.15, -0.1) is 11.3 Å². The first kappa shape index (κ1) is 22.7. The number of hydrogen-bond acceptors (Lipinski definition) is 6. The molecule has 2 atom stereocenters. The van der Waals surface area contributed by atoms with Gasteiger partial charge in [-0.2, -0.15) is 0 Å². The molecule has 172 valence electrons. The molecule has 2 amide bonds. The smallest absolute Gasteiger partial charge is 0.254 e. The number of methoxy groups -OCH3 is 2. The Kier molecular flexibility index (Phi) is 6.55. The predicted octanol–water partition coefficient (Wildman–Crippen LogP) is 4.71. The van der Waals surface area contributed by atoms with Crippen LogP contribution >= 0.6 is 11.3 Å². The van der Waals surface area contributed by atoms with Crippen LogP contribution in [0.3, 0.4) is 0 Å². The zero-order chi connectivity index (χ0) is 23.5. The molecule has 0 bridgehead atoms. The van der Waals surface area contributed by atoms with E-state index in [9.17, 15) is 9.59 Å². The summed E-state index contributed by atoms with van der Waals surface area (Å²) in [5, 5.41) is 4.97. The third-order valence-corrected chi connectivity index (χ3v) is 6.68. The maximum Gasteiger partial charge on any atom is 0.254 e. The number of fused-ring (bicyclic) bond motifs is 1. The third-order valence-electron chi connectivity index (χ3n) is 5.74. The maximum atomic E-state index is 13.8. The molecule has 3 aromatic rings. The van der Waals surface area contributed by atoms with E-state index >= 15 is 0 Å². The summed E-state index contributed by atoms with van der Waals surface area (Å²) < 4.78 is 16.6. The first-order chi connectivity index (χ1) is 16.0. The van der Waals surface area contributed by atoms with Crippen molar-refractivity contribution >= 4 is 28.8 Å². The highest BCUT2D eigenvalue weighted by Gasteiger charge is 2.44. The molecule has 7 nitrogen and oxygen atoms in total. The molecule has 8 heteroatoms. The van der Waals surface area contributed by atoms with Crippen LogP contribution in [0, 0.1) is 0 Å². The maximum absolute atomic E-state index is 13.8. The number of carbonyl (C=O) groups excluding carboxylic acids is 2. The van der Waals surface area contributed by atoms with Crippen molar-refractivity contribution in [3.05, 3.63) is 69.9 Å². The van der Waals surface area contributed by atoms with Crippen LogP contribution in [0.2, 0.25) is 0 Å². The standard InChI is InChI=1S/C25H26N2O5S/c1-5-32-18-10-7-6-9-17(18)26-24(28)22-15-13-19(30-3)20(31-4)14-16(15)25(29)27(2)23(22)21-11-8-12-33-21/h6-14,22-23H,5H2,1-4H3,(H,26,28)/t22-,23+/m1/s1. The van der Waals surface area contributed by atoms with Crippen LogP contribution in [-0.4, -0.2) is 44.6 Å². The summed E-state index contributed by atoms with van der Waals surface area (Å²) >= 11 is 1.51. The van der Waals surface area contributed by atoms with Gasteiger partial charge in [-0.3, -0.25) is 9.59 Å². The highest BCUT2D eigenvalue weighted by molar-refractivity contribution is 7.10. The number of amides is 2. The molecule has 1 aliphatic heterocycles. The quantitative estimate of drug-likeness (QED) is 0.546. The second-order valence-corrected chi connectivity index (χ2v) is 8.55. The Morgan fingerprint density at radius 1 is 1.06 bits per heavy atom. The van der Waals surface area contributed by atoms with Crippen LogP contribution in [-0.2, 0) is 4.79 Å². The van der Waals surface area contributed by atoms with Crippen LogP contribution in [0.15, 0.2) is 53.9 Å². The number of rotatable bonds is 7. The van der Waals surface area contributed by atoms with Gasteiger partial charge in [-0.05, 0) is 48.2 Å². The highest BCUT2D eigenvalue weighted by atomic mass is 32.1. The molecule has 0 saturated heterocycles. The predicted molar refractivity (Wildman–Crippen MR) is 128 cm³/mol. The minimum atomic E-state index is -0.671. The fraction of sp³-hybridized carbons (Fsp3) is 0.280. The summed E-state index contributed by atoms with van der Waals surface area (Å²) in [7, 11) is 4.77. The van der Waals surface area contributed by atoms with Crippen LogP contribution in [0.1, 0.15) is 39.7 Å². The van der Waals surface area contributed by atoms with Gasteiger partial charge in [0.2, 0.25) is 5.91 Å².